The van der Waals surface area contributed by atoms with E-state index in [0.29, 0.717) is 41.6 Å². The van der Waals surface area contributed by atoms with E-state index in [0.717, 1.165) is 6.42 Å². The number of hydrogen-bond acceptors (Lipinski definition) is 8. The molecule has 2 atom stereocenters. The van der Waals surface area contributed by atoms with Crippen LogP contribution < -0.4 is 4.74 Å². The molecule has 1 aliphatic rings. The third-order valence-electron chi connectivity index (χ3n) is 5.10. The normalized spacial score (nSPS) is 18.1. The molecule has 0 aliphatic carbocycles. The maximum absolute atomic E-state index is 12.9. The smallest absolute Gasteiger partial charge is 0.336 e. The van der Waals surface area contributed by atoms with E-state index < -0.39 is 28.7 Å². The number of ether oxygens (including phenoxy) is 3. The van der Waals surface area contributed by atoms with Crippen LogP contribution in [0.3, 0.4) is 0 Å². The summed E-state index contributed by atoms with van der Waals surface area (Å²) in [4.78, 5) is 41.0. The monoisotopic (exact) mass is 466 g/mol. The van der Waals surface area contributed by atoms with Crippen LogP contribution in [0.15, 0.2) is 34.5 Å². The first-order valence-corrected chi connectivity index (χ1v) is 10.8. The molecule has 0 spiro atoms. The average molecular weight is 467 g/mol. The number of unbranched alkanes of at least 4 members (excludes halogenated alkanes) is 1. The van der Waals surface area contributed by atoms with Crippen molar-refractivity contribution in [1.82, 2.24) is 0 Å². The number of carbonyl (C=O) groups is 2. The molecule has 0 bridgehead atoms. The van der Waals surface area contributed by atoms with Gasteiger partial charge in [-0.2, -0.15) is 0 Å². The van der Waals surface area contributed by atoms with E-state index in [1.165, 1.54) is 25.3 Å². The van der Waals surface area contributed by atoms with E-state index in [1.807, 2.05) is 0 Å². The fourth-order valence-electron chi connectivity index (χ4n) is 3.68. The van der Waals surface area contributed by atoms with Crippen molar-refractivity contribution in [2.45, 2.75) is 39.5 Å². The minimum absolute atomic E-state index is 0.116. The van der Waals surface area contributed by atoms with Crippen molar-refractivity contribution in [1.29, 1.82) is 0 Å². The highest BCUT2D eigenvalue weighted by Gasteiger charge is 2.44. The van der Waals surface area contributed by atoms with Crippen molar-refractivity contribution < 1.29 is 28.7 Å². The minimum atomic E-state index is -0.977. The number of non-ortho nitro benzene ring substituents is 1. The number of methoxy groups -OCH3 is 1. The number of nitro groups is 1. The molecule has 2 rings (SSSR count). The Morgan fingerprint density at radius 2 is 1.97 bits per heavy atom. The Balaban J connectivity index is 2.71. The second-order valence-electron chi connectivity index (χ2n) is 7.18. The summed E-state index contributed by atoms with van der Waals surface area (Å²) in [5, 5.41) is 11.5. The summed E-state index contributed by atoms with van der Waals surface area (Å²) in [7, 11) is 1.24. The zero-order chi connectivity index (χ0) is 23.8. The van der Waals surface area contributed by atoms with Gasteiger partial charge < -0.3 is 14.2 Å². The van der Waals surface area contributed by atoms with Crippen molar-refractivity contribution in [2.24, 2.45) is 10.9 Å². The molecule has 1 heterocycles. The maximum atomic E-state index is 12.9. The highest BCUT2D eigenvalue weighted by molar-refractivity contribution is 6.17. The van der Waals surface area contributed by atoms with Gasteiger partial charge in [0.1, 0.15) is 11.7 Å². The van der Waals surface area contributed by atoms with E-state index in [2.05, 4.69) is 4.99 Å². The number of alkyl halides is 1. The van der Waals surface area contributed by atoms with Crippen molar-refractivity contribution in [2.75, 3.05) is 26.2 Å². The first-order chi connectivity index (χ1) is 15.3. The van der Waals surface area contributed by atoms with Crippen LogP contribution in [0.5, 0.6) is 5.75 Å². The van der Waals surface area contributed by atoms with Gasteiger partial charge in [0.05, 0.1) is 30.8 Å². The third-order valence-corrected chi connectivity index (χ3v) is 5.37. The summed E-state index contributed by atoms with van der Waals surface area (Å²) in [6.07, 6.45) is 1.40. The summed E-state index contributed by atoms with van der Waals surface area (Å²) >= 11 is 5.73. The first kappa shape index (κ1) is 25.3. The van der Waals surface area contributed by atoms with E-state index >= 15 is 0 Å². The van der Waals surface area contributed by atoms with Crippen LogP contribution in [0.2, 0.25) is 0 Å². The third kappa shape index (κ3) is 5.64. The number of halogens is 1. The zero-order valence-electron chi connectivity index (χ0n) is 18.6. The SMILES string of the molecule is CCOC(=O)C1=C(C)N=C(C)C(C(=O)OC)C1c1cc([N+](=O)[O-])ccc1OCCCCCl. The molecule has 32 heavy (non-hydrogen) atoms. The zero-order valence-corrected chi connectivity index (χ0v) is 19.3. The maximum Gasteiger partial charge on any atom is 0.336 e. The number of carbonyl (C=O) groups excluding carboxylic acids is 2. The lowest BCUT2D eigenvalue weighted by molar-refractivity contribution is -0.385. The van der Waals surface area contributed by atoms with Gasteiger partial charge in [-0.05, 0) is 39.7 Å². The molecule has 1 aliphatic heterocycles. The predicted octanol–water partition coefficient (Wildman–Crippen LogP) is 4.18. The largest absolute Gasteiger partial charge is 0.493 e. The molecule has 2 unspecified atom stereocenters. The van der Waals surface area contributed by atoms with Gasteiger partial charge in [0, 0.05) is 40.9 Å². The van der Waals surface area contributed by atoms with Crippen molar-refractivity contribution >= 4 is 34.9 Å². The summed E-state index contributed by atoms with van der Waals surface area (Å²) in [5.74, 6) is -2.37. The van der Waals surface area contributed by atoms with Gasteiger partial charge in [-0.25, -0.2) is 4.79 Å². The first-order valence-electron chi connectivity index (χ1n) is 10.2. The molecule has 0 N–H and O–H groups in total. The highest BCUT2D eigenvalue weighted by Crippen LogP contribution is 2.44. The van der Waals surface area contributed by atoms with Crippen LogP contribution >= 0.6 is 11.6 Å². The Bertz CT molecular complexity index is 942. The second-order valence-corrected chi connectivity index (χ2v) is 7.55. The lowest BCUT2D eigenvalue weighted by Gasteiger charge is -2.32. The molecule has 1 aromatic rings. The van der Waals surface area contributed by atoms with Crippen LogP contribution in [0.4, 0.5) is 5.69 Å². The number of allylic oxidation sites excluding steroid dienone is 1. The van der Waals surface area contributed by atoms with Crippen molar-refractivity contribution in [3.8, 4) is 5.75 Å². The fraction of sp³-hybridized carbons (Fsp3) is 0.500. The van der Waals surface area contributed by atoms with Gasteiger partial charge in [-0.15, -0.1) is 11.6 Å². The van der Waals surface area contributed by atoms with E-state index in [4.69, 9.17) is 25.8 Å². The van der Waals surface area contributed by atoms with Gasteiger partial charge in [0.15, 0.2) is 0 Å². The lowest BCUT2D eigenvalue weighted by Crippen LogP contribution is -2.36. The van der Waals surface area contributed by atoms with Crippen LogP contribution in [0.1, 0.15) is 45.1 Å². The molecule has 10 heteroatoms. The molecular weight excluding hydrogens is 440 g/mol. The number of rotatable bonds is 10. The van der Waals surface area contributed by atoms with E-state index in [1.54, 1.807) is 20.8 Å². The Kier molecular flexibility index (Phi) is 9.19. The van der Waals surface area contributed by atoms with E-state index in [-0.39, 0.29) is 17.9 Å². The van der Waals surface area contributed by atoms with E-state index in [9.17, 15) is 19.7 Å². The second kappa shape index (κ2) is 11.6. The highest BCUT2D eigenvalue weighted by atomic mass is 35.5. The average Bonchev–Trinajstić information content (AvgIpc) is 2.75. The fourth-order valence-corrected chi connectivity index (χ4v) is 3.87. The van der Waals surface area contributed by atoms with Gasteiger partial charge in [-0.1, -0.05) is 0 Å². The number of benzene rings is 1. The summed E-state index contributed by atoms with van der Waals surface area (Å²) < 4.78 is 16.1. The van der Waals surface area contributed by atoms with Gasteiger partial charge in [0.2, 0.25) is 0 Å². The molecule has 0 saturated heterocycles. The molecule has 1 aromatic carbocycles. The standard InChI is InChI=1S/C22H27ClN2O7/c1-5-31-22(27)19-14(3)24-13(2)18(21(26)30-4)20(19)16-12-15(25(28)29)8-9-17(16)32-11-7-6-10-23/h8-9,12,18,20H,5-7,10-11H2,1-4H3. The van der Waals surface area contributed by atoms with Gasteiger partial charge in [-0.3, -0.25) is 19.9 Å². The van der Waals surface area contributed by atoms with Crippen molar-refractivity contribution in [3.05, 3.63) is 45.1 Å². The number of nitro benzene ring substituents is 1. The molecular formula is C22H27ClN2O7. The Morgan fingerprint density at radius 3 is 2.56 bits per heavy atom. The number of esters is 2. The molecule has 0 fully saturated rings. The summed E-state index contributed by atoms with van der Waals surface area (Å²) in [5.41, 5.74) is 1.05. The number of hydrogen-bond donors (Lipinski definition) is 0. The molecule has 0 aromatic heterocycles. The van der Waals surface area contributed by atoms with Gasteiger partial charge >= 0.3 is 11.9 Å². The molecule has 0 radical (unpaired) electrons. The Labute approximate surface area is 191 Å². The van der Waals surface area contributed by atoms with Gasteiger partial charge in [0.25, 0.3) is 5.69 Å². The summed E-state index contributed by atoms with van der Waals surface area (Å²) in [6, 6.07) is 4.11. The Morgan fingerprint density at radius 1 is 1.25 bits per heavy atom. The number of aliphatic imine (C=N–C) groups is 1. The molecule has 0 saturated carbocycles. The predicted molar refractivity (Wildman–Crippen MR) is 119 cm³/mol. The summed E-state index contributed by atoms with van der Waals surface area (Å²) in [6.45, 7) is 5.38. The quantitative estimate of drug-likeness (QED) is 0.167. The minimum Gasteiger partial charge on any atom is -0.493 e. The van der Waals surface area contributed by atoms with Crippen LogP contribution in [-0.2, 0) is 19.1 Å². The Hall–Kier alpha value is -2.94. The van der Waals surface area contributed by atoms with Crippen LogP contribution in [-0.4, -0.2) is 48.8 Å². The van der Waals surface area contributed by atoms with Crippen LogP contribution in [0.25, 0.3) is 0 Å². The lowest BCUT2D eigenvalue weighted by atomic mass is 9.75. The molecule has 9 nitrogen and oxygen atoms in total. The molecule has 174 valence electrons. The molecule has 0 amide bonds. The van der Waals surface area contributed by atoms with Crippen LogP contribution in [0, 0.1) is 16.0 Å². The van der Waals surface area contributed by atoms with Crippen molar-refractivity contribution in [3.63, 3.8) is 0 Å². The number of nitrogens with zero attached hydrogens (tertiary/aromatic N) is 2. The topological polar surface area (TPSA) is 117 Å².